The topological polar surface area (TPSA) is 55.7 Å². The van der Waals surface area contributed by atoms with E-state index in [0.717, 1.165) is 31.7 Å². The fourth-order valence-electron chi connectivity index (χ4n) is 1.93. The highest BCUT2D eigenvalue weighted by atomic mass is 16.3. The van der Waals surface area contributed by atoms with Gasteiger partial charge in [-0.3, -0.25) is 0 Å². The average molecular weight is 252 g/mol. The average Bonchev–Trinajstić information content (AvgIpc) is 2.41. The molecular weight excluding hydrogens is 228 g/mol. The third-order valence-corrected chi connectivity index (χ3v) is 3.19. The van der Waals surface area contributed by atoms with Gasteiger partial charge in [0.25, 0.3) is 0 Å². The van der Waals surface area contributed by atoms with Gasteiger partial charge in [0, 0.05) is 13.1 Å². The van der Waals surface area contributed by atoms with Gasteiger partial charge in [0.15, 0.2) is 0 Å². The van der Waals surface area contributed by atoms with Crippen molar-refractivity contribution in [2.75, 3.05) is 32.8 Å². The highest BCUT2D eigenvalue weighted by Gasteiger charge is 2.09. The second-order valence-corrected chi connectivity index (χ2v) is 4.31. The molecular formula is C14H24N2O2. The second kappa shape index (κ2) is 8.08. The Morgan fingerprint density at radius 1 is 1.17 bits per heavy atom. The van der Waals surface area contributed by atoms with Gasteiger partial charge in [-0.05, 0) is 30.8 Å². The largest absolute Gasteiger partial charge is 0.508 e. The number of rotatable bonds is 8. The summed E-state index contributed by atoms with van der Waals surface area (Å²) in [5.41, 5.74) is 0.995. The zero-order valence-corrected chi connectivity index (χ0v) is 11.3. The maximum Gasteiger partial charge on any atom is 0.115 e. The summed E-state index contributed by atoms with van der Waals surface area (Å²) >= 11 is 0. The Morgan fingerprint density at radius 2 is 1.78 bits per heavy atom. The van der Waals surface area contributed by atoms with Crippen LogP contribution in [0.25, 0.3) is 0 Å². The lowest BCUT2D eigenvalue weighted by Gasteiger charge is -2.21. The minimum absolute atomic E-state index is 0.0586. The van der Waals surface area contributed by atoms with Crippen LogP contribution >= 0.6 is 0 Å². The van der Waals surface area contributed by atoms with Crippen LogP contribution in [0.1, 0.15) is 25.5 Å². The van der Waals surface area contributed by atoms with Gasteiger partial charge >= 0.3 is 0 Å². The number of nitrogens with one attached hydrogen (secondary N) is 1. The quantitative estimate of drug-likeness (QED) is 0.654. The van der Waals surface area contributed by atoms with Crippen molar-refractivity contribution in [3.8, 4) is 5.75 Å². The zero-order chi connectivity index (χ0) is 13.4. The number of nitrogens with zero attached hydrogens (tertiary/aromatic N) is 1. The lowest BCUT2D eigenvalue weighted by atomic mass is 10.1. The number of benzene rings is 1. The van der Waals surface area contributed by atoms with E-state index >= 15 is 0 Å². The Hall–Kier alpha value is -1.10. The summed E-state index contributed by atoms with van der Waals surface area (Å²) in [5, 5.41) is 22.0. The lowest BCUT2D eigenvalue weighted by molar-refractivity contribution is 0.233. The van der Waals surface area contributed by atoms with Gasteiger partial charge in [-0.1, -0.05) is 26.0 Å². The maximum atomic E-state index is 9.39. The van der Waals surface area contributed by atoms with Crippen LogP contribution in [0.15, 0.2) is 24.3 Å². The summed E-state index contributed by atoms with van der Waals surface area (Å²) in [7, 11) is 0. The van der Waals surface area contributed by atoms with Crippen LogP contribution in [0.2, 0.25) is 0 Å². The Labute approximate surface area is 109 Å². The van der Waals surface area contributed by atoms with Gasteiger partial charge in [-0.25, -0.2) is 0 Å². The van der Waals surface area contributed by atoms with Gasteiger partial charge < -0.3 is 20.4 Å². The number of hydrogen-bond donors (Lipinski definition) is 3. The molecule has 0 aromatic heterocycles. The zero-order valence-electron chi connectivity index (χ0n) is 11.3. The van der Waals surface area contributed by atoms with Crippen molar-refractivity contribution in [1.82, 2.24) is 10.2 Å². The number of phenolic OH excluding ortho intramolecular Hbond substituents is 1. The Kier molecular flexibility index (Phi) is 6.72. The molecule has 0 fully saturated rings. The van der Waals surface area contributed by atoms with Crippen molar-refractivity contribution in [2.24, 2.45) is 0 Å². The van der Waals surface area contributed by atoms with E-state index in [9.17, 15) is 10.2 Å². The van der Waals surface area contributed by atoms with Crippen LogP contribution in [0.3, 0.4) is 0 Å². The van der Waals surface area contributed by atoms with Crippen LogP contribution in [0.4, 0.5) is 0 Å². The second-order valence-electron chi connectivity index (χ2n) is 4.31. The van der Waals surface area contributed by atoms with Crippen molar-refractivity contribution in [3.63, 3.8) is 0 Å². The molecule has 0 bridgehead atoms. The number of aliphatic hydroxyl groups is 1. The number of hydrogen-bond acceptors (Lipinski definition) is 4. The minimum Gasteiger partial charge on any atom is -0.508 e. The Balaban J connectivity index is 2.44. The lowest BCUT2D eigenvalue weighted by Crippen LogP contribution is -2.34. The molecule has 3 N–H and O–H groups in total. The van der Waals surface area contributed by atoms with Crippen molar-refractivity contribution in [2.45, 2.75) is 19.9 Å². The molecule has 1 unspecified atom stereocenters. The van der Waals surface area contributed by atoms with Gasteiger partial charge in [0.05, 0.1) is 12.6 Å². The summed E-state index contributed by atoms with van der Waals surface area (Å²) < 4.78 is 0. The minimum atomic E-state index is -0.0684. The summed E-state index contributed by atoms with van der Waals surface area (Å²) in [4.78, 5) is 2.33. The molecule has 0 heterocycles. The number of aromatic hydroxyl groups is 1. The van der Waals surface area contributed by atoms with Crippen LogP contribution in [-0.2, 0) is 0 Å². The van der Waals surface area contributed by atoms with Gasteiger partial charge in [0.2, 0.25) is 0 Å². The number of aliphatic hydroxyl groups excluding tert-OH is 1. The molecule has 4 heteroatoms. The molecule has 0 aliphatic rings. The van der Waals surface area contributed by atoms with Crippen LogP contribution in [0, 0.1) is 0 Å². The molecule has 0 spiro atoms. The molecule has 1 aromatic carbocycles. The fraction of sp³-hybridized carbons (Fsp3) is 0.571. The van der Waals surface area contributed by atoms with Gasteiger partial charge in [-0.15, -0.1) is 0 Å². The van der Waals surface area contributed by atoms with Gasteiger partial charge in [0.1, 0.15) is 5.75 Å². The summed E-state index contributed by atoms with van der Waals surface area (Å²) in [6.07, 6.45) is 0. The maximum absolute atomic E-state index is 9.39. The number of likely N-dealkylation sites (N-methyl/N-ethyl adjacent to an activating group) is 1. The van der Waals surface area contributed by atoms with Crippen molar-refractivity contribution >= 4 is 0 Å². The highest BCUT2D eigenvalue weighted by Crippen LogP contribution is 2.16. The van der Waals surface area contributed by atoms with E-state index in [0.29, 0.717) is 0 Å². The van der Waals surface area contributed by atoms with Crippen LogP contribution in [-0.4, -0.2) is 47.9 Å². The monoisotopic (exact) mass is 252 g/mol. The first-order valence-electron chi connectivity index (χ1n) is 6.56. The molecule has 0 aliphatic carbocycles. The molecule has 18 heavy (non-hydrogen) atoms. The van der Waals surface area contributed by atoms with Crippen molar-refractivity contribution in [1.29, 1.82) is 0 Å². The molecule has 1 aromatic rings. The first-order valence-corrected chi connectivity index (χ1v) is 6.56. The van der Waals surface area contributed by atoms with E-state index in [2.05, 4.69) is 24.1 Å². The molecule has 4 nitrogen and oxygen atoms in total. The smallest absolute Gasteiger partial charge is 0.115 e. The van der Waals surface area contributed by atoms with Crippen molar-refractivity contribution < 1.29 is 10.2 Å². The number of phenols is 1. The molecule has 102 valence electrons. The third kappa shape index (κ3) is 4.64. The first kappa shape index (κ1) is 15.0. The summed E-state index contributed by atoms with van der Waals surface area (Å²) in [6, 6.07) is 6.89. The van der Waals surface area contributed by atoms with E-state index in [4.69, 9.17) is 0 Å². The summed E-state index contributed by atoms with van der Waals surface area (Å²) in [6.45, 7) is 8.25. The Bertz CT molecular complexity index is 323. The summed E-state index contributed by atoms with van der Waals surface area (Å²) in [5.74, 6) is 0.249. The molecule has 1 rings (SSSR count). The van der Waals surface area contributed by atoms with E-state index in [1.807, 2.05) is 12.1 Å². The SMILES string of the molecule is CCN(CC)CCNC(CO)c1ccc(O)cc1. The molecule has 0 radical (unpaired) electrons. The standard InChI is InChI=1S/C14H24N2O2/c1-3-16(4-2)10-9-15-14(11-17)12-5-7-13(18)8-6-12/h5-8,14-15,17-18H,3-4,9-11H2,1-2H3. The van der Waals surface area contributed by atoms with E-state index in [-0.39, 0.29) is 18.4 Å². The van der Waals surface area contributed by atoms with Crippen LogP contribution < -0.4 is 5.32 Å². The van der Waals surface area contributed by atoms with E-state index in [1.165, 1.54) is 0 Å². The fourth-order valence-corrected chi connectivity index (χ4v) is 1.93. The van der Waals surface area contributed by atoms with Gasteiger partial charge in [-0.2, -0.15) is 0 Å². The molecule has 0 saturated heterocycles. The Morgan fingerprint density at radius 3 is 2.28 bits per heavy atom. The third-order valence-electron chi connectivity index (χ3n) is 3.19. The normalized spacial score (nSPS) is 12.9. The predicted molar refractivity (Wildman–Crippen MR) is 73.7 cm³/mol. The highest BCUT2D eigenvalue weighted by molar-refractivity contribution is 5.28. The van der Waals surface area contributed by atoms with Crippen molar-refractivity contribution in [3.05, 3.63) is 29.8 Å². The first-order chi connectivity index (χ1) is 8.71. The van der Waals surface area contributed by atoms with E-state index in [1.54, 1.807) is 12.1 Å². The molecule has 0 aliphatic heterocycles. The molecule has 1 atom stereocenters. The molecule has 0 amide bonds. The van der Waals surface area contributed by atoms with E-state index < -0.39 is 0 Å². The predicted octanol–water partition coefficient (Wildman–Crippen LogP) is 1.36. The molecule has 0 saturated carbocycles. The van der Waals surface area contributed by atoms with Crippen LogP contribution in [0.5, 0.6) is 5.75 Å².